The lowest BCUT2D eigenvalue weighted by atomic mass is 10.1. The third kappa shape index (κ3) is 2.61. The van der Waals surface area contributed by atoms with Crippen molar-refractivity contribution in [3.63, 3.8) is 0 Å². The summed E-state index contributed by atoms with van der Waals surface area (Å²) >= 11 is 5.70. The van der Waals surface area contributed by atoms with Crippen LogP contribution in [-0.2, 0) is 13.0 Å². The molecule has 80 valence electrons. The molecule has 2 N–H and O–H groups in total. The Labute approximate surface area is 90.5 Å². The number of rotatable bonds is 3. The van der Waals surface area contributed by atoms with Gasteiger partial charge in [0.25, 0.3) is 6.43 Å². The number of hydrogen-bond donors (Lipinski definition) is 1. The van der Waals surface area contributed by atoms with Gasteiger partial charge < -0.3 is 5.73 Å². The smallest absolute Gasteiger partial charge is 0.265 e. The van der Waals surface area contributed by atoms with E-state index in [4.69, 9.17) is 22.6 Å². The van der Waals surface area contributed by atoms with E-state index in [9.17, 15) is 8.78 Å². The second-order valence-corrected chi connectivity index (χ2v) is 3.17. The number of halogens is 3. The van der Waals surface area contributed by atoms with Crippen LogP contribution in [0.25, 0.3) is 0 Å². The van der Waals surface area contributed by atoms with Crippen molar-refractivity contribution in [2.24, 2.45) is 5.73 Å². The average molecular weight is 232 g/mol. The molecule has 15 heavy (non-hydrogen) atoms. The summed E-state index contributed by atoms with van der Waals surface area (Å²) < 4.78 is 25.1. The maximum absolute atomic E-state index is 12.5. The molecule has 1 heterocycles. The summed E-state index contributed by atoms with van der Waals surface area (Å²) in [5.74, 6) is 0. The lowest BCUT2D eigenvalue weighted by Gasteiger charge is -2.09. The zero-order chi connectivity index (χ0) is 11.4. The molecule has 6 heteroatoms. The first-order valence-corrected chi connectivity index (χ1v) is 4.51. The number of hydrogen-bond acceptors (Lipinski definition) is 3. The van der Waals surface area contributed by atoms with Gasteiger partial charge >= 0.3 is 0 Å². The predicted octanol–water partition coefficient (Wildman–Crippen LogP) is 2.20. The molecule has 0 saturated heterocycles. The van der Waals surface area contributed by atoms with Crippen molar-refractivity contribution in [2.45, 2.75) is 19.4 Å². The lowest BCUT2D eigenvalue weighted by molar-refractivity contribution is 0.149. The van der Waals surface area contributed by atoms with Gasteiger partial charge in [0, 0.05) is 17.7 Å². The van der Waals surface area contributed by atoms with Crippen LogP contribution in [0.5, 0.6) is 0 Å². The topological polar surface area (TPSA) is 62.7 Å². The number of nitriles is 1. The molecule has 0 bridgehead atoms. The molecule has 1 aromatic heterocycles. The normalized spacial score (nSPS) is 10.4. The van der Waals surface area contributed by atoms with E-state index in [0.717, 1.165) is 0 Å². The highest BCUT2D eigenvalue weighted by Gasteiger charge is 2.16. The van der Waals surface area contributed by atoms with Gasteiger partial charge in [0.2, 0.25) is 0 Å². The molecule has 0 saturated carbocycles. The molecule has 0 fully saturated rings. The van der Waals surface area contributed by atoms with Gasteiger partial charge in [-0.2, -0.15) is 5.26 Å². The molecule has 0 aliphatic carbocycles. The van der Waals surface area contributed by atoms with Crippen LogP contribution in [0.1, 0.15) is 23.2 Å². The number of alkyl halides is 2. The van der Waals surface area contributed by atoms with E-state index < -0.39 is 6.43 Å². The van der Waals surface area contributed by atoms with Gasteiger partial charge in [-0.1, -0.05) is 11.6 Å². The van der Waals surface area contributed by atoms with Crippen LogP contribution in [0.4, 0.5) is 8.78 Å². The highest BCUT2D eigenvalue weighted by molar-refractivity contribution is 6.30. The van der Waals surface area contributed by atoms with Crippen molar-refractivity contribution in [3.8, 4) is 6.07 Å². The fraction of sp³-hybridized carbons (Fsp3) is 0.333. The van der Waals surface area contributed by atoms with Crippen LogP contribution in [0, 0.1) is 11.3 Å². The summed E-state index contributed by atoms with van der Waals surface area (Å²) in [4.78, 5) is 3.74. The van der Waals surface area contributed by atoms with Crippen LogP contribution < -0.4 is 5.73 Å². The predicted molar refractivity (Wildman–Crippen MR) is 51.4 cm³/mol. The quantitative estimate of drug-likeness (QED) is 0.811. The van der Waals surface area contributed by atoms with Gasteiger partial charge in [-0.15, -0.1) is 0 Å². The van der Waals surface area contributed by atoms with Crippen molar-refractivity contribution in [3.05, 3.63) is 28.0 Å². The van der Waals surface area contributed by atoms with Gasteiger partial charge in [0.15, 0.2) is 0 Å². The standard InChI is InChI=1S/C9H8ClF2N3/c10-8-5(1-2-13)3-6(9(11)12)7(4-14)15-8/h3,9H,1,4,14H2. The molecule has 0 radical (unpaired) electrons. The van der Waals surface area contributed by atoms with Crippen LogP contribution in [0.3, 0.4) is 0 Å². The van der Waals surface area contributed by atoms with Crippen LogP contribution >= 0.6 is 11.6 Å². The second-order valence-electron chi connectivity index (χ2n) is 2.81. The molecule has 0 aromatic carbocycles. The van der Waals surface area contributed by atoms with Crippen molar-refractivity contribution >= 4 is 11.6 Å². The number of pyridine rings is 1. The average Bonchev–Trinajstić information content (AvgIpc) is 2.20. The molecule has 1 aromatic rings. The first kappa shape index (κ1) is 11.8. The van der Waals surface area contributed by atoms with E-state index in [1.165, 1.54) is 6.07 Å². The highest BCUT2D eigenvalue weighted by atomic mass is 35.5. The molecular weight excluding hydrogens is 224 g/mol. The van der Waals surface area contributed by atoms with E-state index in [2.05, 4.69) is 4.98 Å². The fourth-order valence-corrected chi connectivity index (χ4v) is 1.37. The first-order valence-electron chi connectivity index (χ1n) is 4.13. The first-order chi connectivity index (χ1) is 7.10. The number of nitrogens with two attached hydrogens (primary N) is 1. The zero-order valence-electron chi connectivity index (χ0n) is 7.67. The molecule has 0 aliphatic heterocycles. The second kappa shape index (κ2) is 5.01. The number of nitrogens with zero attached hydrogens (tertiary/aromatic N) is 2. The van der Waals surface area contributed by atoms with Crippen LogP contribution in [-0.4, -0.2) is 4.98 Å². The van der Waals surface area contributed by atoms with Gasteiger partial charge in [0.05, 0.1) is 18.2 Å². The van der Waals surface area contributed by atoms with Crippen molar-refractivity contribution in [1.82, 2.24) is 4.98 Å². The fourth-order valence-electron chi connectivity index (χ4n) is 1.15. The van der Waals surface area contributed by atoms with E-state index in [1.807, 2.05) is 6.07 Å². The Kier molecular flexibility index (Phi) is 3.95. The van der Waals surface area contributed by atoms with Crippen molar-refractivity contribution < 1.29 is 8.78 Å². The molecule has 0 unspecified atom stereocenters. The van der Waals surface area contributed by atoms with E-state index in [1.54, 1.807) is 0 Å². The summed E-state index contributed by atoms with van der Waals surface area (Å²) in [6.45, 7) is -0.105. The Balaban J connectivity index is 3.25. The van der Waals surface area contributed by atoms with Crippen LogP contribution in [0.15, 0.2) is 6.07 Å². The molecular formula is C9H8ClF2N3. The Bertz CT molecular complexity index is 401. The van der Waals surface area contributed by atoms with Gasteiger partial charge in [-0.3, -0.25) is 0 Å². The maximum atomic E-state index is 12.5. The summed E-state index contributed by atoms with van der Waals surface area (Å²) in [5.41, 5.74) is 5.37. The summed E-state index contributed by atoms with van der Waals surface area (Å²) in [7, 11) is 0. The van der Waals surface area contributed by atoms with Crippen LogP contribution in [0.2, 0.25) is 5.15 Å². The lowest BCUT2D eigenvalue weighted by Crippen LogP contribution is -2.07. The Morgan fingerprint density at radius 2 is 2.27 bits per heavy atom. The molecule has 0 aliphatic rings. The van der Waals surface area contributed by atoms with Crippen molar-refractivity contribution in [1.29, 1.82) is 5.26 Å². The summed E-state index contributed by atoms with van der Waals surface area (Å²) in [6.07, 6.45) is -2.71. The monoisotopic (exact) mass is 231 g/mol. The van der Waals surface area contributed by atoms with E-state index in [-0.39, 0.29) is 29.4 Å². The van der Waals surface area contributed by atoms with Crippen molar-refractivity contribution in [2.75, 3.05) is 0 Å². The third-order valence-corrected chi connectivity index (χ3v) is 2.19. The Morgan fingerprint density at radius 3 is 2.73 bits per heavy atom. The van der Waals surface area contributed by atoms with E-state index >= 15 is 0 Å². The van der Waals surface area contributed by atoms with E-state index in [0.29, 0.717) is 5.56 Å². The Morgan fingerprint density at radius 1 is 1.60 bits per heavy atom. The maximum Gasteiger partial charge on any atom is 0.265 e. The number of aromatic nitrogens is 1. The Hall–Kier alpha value is -1.25. The SMILES string of the molecule is N#CCc1cc(C(F)F)c(CN)nc1Cl. The molecule has 0 spiro atoms. The highest BCUT2D eigenvalue weighted by Crippen LogP contribution is 2.26. The zero-order valence-corrected chi connectivity index (χ0v) is 8.43. The molecule has 3 nitrogen and oxygen atoms in total. The minimum atomic E-state index is -2.66. The molecule has 0 amide bonds. The summed E-state index contributed by atoms with van der Waals surface area (Å²) in [5, 5.41) is 8.51. The minimum Gasteiger partial charge on any atom is -0.325 e. The summed E-state index contributed by atoms with van der Waals surface area (Å²) in [6, 6.07) is 3.01. The molecule has 0 atom stereocenters. The largest absolute Gasteiger partial charge is 0.325 e. The molecule has 1 rings (SSSR count). The third-order valence-electron chi connectivity index (χ3n) is 1.86. The van der Waals surface area contributed by atoms with Gasteiger partial charge in [-0.05, 0) is 6.07 Å². The van der Waals surface area contributed by atoms with Gasteiger partial charge in [-0.25, -0.2) is 13.8 Å². The van der Waals surface area contributed by atoms with Gasteiger partial charge in [0.1, 0.15) is 5.15 Å². The minimum absolute atomic E-state index is 0.0452.